The molecule has 2 unspecified atom stereocenters. The van der Waals surface area contributed by atoms with Crippen LogP contribution in [0.4, 0.5) is 16.2 Å². The number of aromatic nitrogens is 4. The van der Waals surface area contributed by atoms with E-state index in [-0.39, 0.29) is 5.92 Å². The van der Waals surface area contributed by atoms with E-state index in [0.29, 0.717) is 24.1 Å². The van der Waals surface area contributed by atoms with Gasteiger partial charge in [-0.3, -0.25) is 0 Å². The van der Waals surface area contributed by atoms with Crippen molar-refractivity contribution in [1.29, 1.82) is 0 Å². The van der Waals surface area contributed by atoms with E-state index in [2.05, 4.69) is 20.0 Å². The first-order valence-corrected chi connectivity index (χ1v) is 8.01. The van der Waals surface area contributed by atoms with E-state index in [1.54, 1.807) is 20.2 Å². The Kier molecular flexibility index (Phi) is 3.08. The maximum absolute atomic E-state index is 14.5. The molecule has 7 heteroatoms. The lowest BCUT2D eigenvalue weighted by atomic mass is 9.91. The van der Waals surface area contributed by atoms with Crippen LogP contribution in [0.3, 0.4) is 0 Å². The average molecular weight is 316 g/mol. The standard InChI is InChI=1S/C16H21FN6/c1-16(17)6-5-11-8-23(9-12(11)16)13-4-3-10(7-19-13)14-20-15(18)22(2)21-14/h3-4,7,11-12H,5-6,8-9H2,1-2H3,(H2,18,20,21)/t11?,12-,16?/m0/s1. The number of halogens is 1. The quantitative estimate of drug-likeness (QED) is 0.918. The summed E-state index contributed by atoms with van der Waals surface area (Å²) in [6.45, 7) is 3.39. The van der Waals surface area contributed by atoms with Crippen LogP contribution >= 0.6 is 0 Å². The molecule has 1 aliphatic carbocycles. The number of hydrogen-bond acceptors (Lipinski definition) is 5. The lowest BCUT2D eigenvalue weighted by molar-refractivity contribution is 0.134. The van der Waals surface area contributed by atoms with Crippen molar-refractivity contribution in [2.24, 2.45) is 18.9 Å². The second kappa shape index (κ2) is 4.91. The van der Waals surface area contributed by atoms with E-state index < -0.39 is 5.67 Å². The van der Waals surface area contributed by atoms with E-state index in [9.17, 15) is 4.39 Å². The fourth-order valence-electron chi connectivity index (χ4n) is 3.91. The number of nitrogen functional groups attached to an aromatic ring is 1. The fourth-order valence-corrected chi connectivity index (χ4v) is 3.91. The molecular weight excluding hydrogens is 295 g/mol. The summed E-state index contributed by atoms with van der Waals surface area (Å²) in [5, 5.41) is 4.25. The van der Waals surface area contributed by atoms with Crippen molar-refractivity contribution in [3.8, 4) is 11.4 Å². The molecule has 1 saturated heterocycles. The molecule has 4 rings (SSSR count). The Morgan fingerprint density at radius 2 is 2.17 bits per heavy atom. The monoisotopic (exact) mass is 316 g/mol. The average Bonchev–Trinajstić information content (AvgIpc) is 3.17. The van der Waals surface area contributed by atoms with Gasteiger partial charge in [0.1, 0.15) is 11.5 Å². The molecule has 23 heavy (non-hydrogen) atoms. The molecule has 2 aromatic rings. The summed E-state index contributed by atoms with van der Waals surface area (Å²) in [7, 11) is 1.75. The molecule has 6 nitrogen and oxygen atoms in total. The number of rotatable bonds is 2. The van der Waals surface area contributed by atoms with Crippen LogP contribution in [0.25, 0.3) is 11.4 Å². The zero-order valence-corrected chi connectivity index (χ0v) is 13.4. The van der Waals surface area contributed by atoms with Gasteiger partial charge in [0.05, 0.1) is 0 Å². The van der Waals surface area contributed by atoms with Crippen molar-refractivity contribution in [3.05, 3.63) is 18.3 Å². The van der Waals surface area contributed by atoms with Gasteiger partial charge in [0.25, 0.3) is 0 Å². The first-order valence-electron chi connectivity index (χ1n) is 8.01. The normalized spacial score (nSPS) is 30.0. The third-order valence-electron chi connectivity index (χ3n) is 5.34. The summed E-state index contributed by atoms with van der Waals surface area (Å²) in [6, 6.07) is 3.90. The third-order valence-corrected chi connectivity index (χ3v) is 5.34. The Morgan fingerprint density at radius 1 is 1.35 bits per heavy atom. The predicted molar refractivity (Wildman–Crippen MR) is 86.6 cm³/mol. The molecule has 0 spiro atoms. The zero-order valence-electron chi connectivity index (χ0n) is 13.4. The highest BCUT2D eigenvalue weighted by molar-refractivity contribution is 5.57. The van der Waals surface area contributed by atoms with Crippen molar-refractivity contribution >= 4 is 11.8 Å². The van der Waals surface area contributed by atoms with Crippen LogP contribution in [0.5, 0.6) is 0 Å². The van der Waals surface area contributed by atoms with Crippen molar-refractivity contribution in [1.82, 2.24) is 19.7 Å². The lowest BCUT2D eigenvalue weighted by Crippen LogP contribution is -2.30. The van der Waals surface area contributed by atoms with E-state index in [4.69, 9.17) is 5.73 Å². The van der Waals surface area contributed by atoms with Crippen LogP contribution in [-0.4, -0.2) is 38.5 Å². The Balaban J connectivity index is 1.53. The van der Waals surface area contributed by atoms with E-state index in [0.717, 1.165) is 30.9 Å². The number of alkyl halides is 1. The van der Waals surface area contributed by atoms with Crippen LogP contribution in [0.2, 0.25) is 0 Å². The smallest absolute Gasteiger partial charge is 0.218 e. The summed E-state index contributed by atoms with van der Waals surface area (Å²) in [6.07, 6.45) is 3.42. The third kappa shape index (κ3) is 2.34. The SMILES string of the molecule is Cn1nc(-c2ccc(N3CC4CCC(C)(F)[C@H]4C3)nc2)nc1N. The number of pyridine rings is 1. The van der Waals surface area contributed by atoms with Crippen molar-refractivity contribution in [2.75, 3.05) is 23.7 Å². The fraction of sp³-hybridized carbons (Fsp3) is 0.562. The number of hydrogen-bond donors (Lipinski definition) is 1. The molecule has 3 heterocycles. The second-order valence-electron chi connectivity index (χ2n) is 6.91. The summed E-state index contributed by atoms with van der Waals surface area (Å²) in [5.41, 5.74) is 5.51. The number of nitrogens with zero attached hydrogens (tertiary/aromatic N) is 5. The maximum atomic E-state index is 14.5. The van der Waals surface area contributed by atoms with E-state index in [1.165, 1.54) is 4.68 Å². The Bertz CT molecular complexity index is 703. The number of nitrogens with two attached hydrogens (primary N) is 1. The molecular formula is C16H21FN6. The first kappa shape index (κ1) is 14.4. The molecule has 2 aromatic heterocycles. The van der Waals surface area contributed by atoms with Crippen LogP contribution in [0, 0.1) is 11.8 Å². The highest BCUT2D eigenvalue weighted by Crippen LogP contribution is 2.47. The number of fused-ring (bicyclic) bond motifs is 1. The van der Waals surface area contributed by atoms with Crippen LogP contribution in [0.15, 0.2) is 18.3 Å². The molecule has 0 bridgehead atoms. The molecule has 122 valence electrons. The van der Waals surface area contributed by atoms with Crippen LogP contribution in [-0.2, 0) is 7.05 Å². The molecule has 2 aliphatic rings. The van der Waals surface area contributed by atoms with Crippen molar-refractivity contribution < 1.29 is 4.39 Å². The van der Waals surface area contributed by atoms with Gasteiger partial charge < -0.3 is 10.6 Å². The zero-order chi connectivity index (χ0) is 16.2. The first-order chi connectivity index (χ1) is 10.9. The molecule has 0 aromatic carbocycles. The highest BCUT2D eigenvalue weighted by Gasteiger charge is 2.50. The highest BCUT2D eigenvalue weighted by atomic mass is 19.1. The van der Waals surface area contributed by atoms with Gasteiger partial charge in [-0.1, -0.05) is 0 Å². The molecule has 1 saturated carbocycles. The van der Waals surface area contributed by atoms with Gasteiger partial charge in [-0.2, -0.15) is 4.98 Å². The summed E-state index contributed by atoms with van der Waals surface area (Å²) < 4.78 is 16.0. The lowest BCUT2D eigenvalue weighted by Gasteiger charge is -2.23. The molecule has 3 atom stereocenters. The molecule has 0 radical (unpaired) electrons. The van der Waals surface area contributed by atoms with Gasteiger partial charge in [-0.15, -0.1) is 5.10 Å². The Labute approximate surface area is 134 Å². The minimum atomic E-state index is -1.03. The Hall–Kier alpha value is -2.18. The molecule has 2 N–H and O–H groups in total. The summed E-state index contributed by atoms with van der Waals surface area (Å²) in [5.74, 6) is 2.41. The van der Waals surface area contributed by atoms with Crippen LogP contribution < -0.4 is 10.6 Å². The van der Waals surface area contributed by atoms with Gasteiger partial charge in [0.2, 0.25) is 5.95 Å². The minimum Gasteiger partial charge on any atom is -0.368 e. The predicted octanol–water partition coefficient (Wildman–Crippen LogP) is 2.03. The second-order valence-corrected chi connectivity index (χ2v) is 6.91. The van der Waals surface area contributed by atoms with Gasteiger partial charge in [0.15, 0.2) is 5.82 Å². The van der Waals surface area contributed by atoms with E-state index in [1.807, 2.05) is 12.1 Å². The van der Waals surface area contributed by atoms with Crippen molar-refractivity contribution in [3.63, 3.8) is 0 Å². The summed E-state index contributed by atoms with van der Waals surface area (Å²) >= 11 is 0. The number of anilines is 2. The van der Waals surface area contributed by atoms with Crippen molar-refractivity contribution in [2.45, 2.75) is 25.4 Å². The van der Waals surface area contributed by atoms with Gasteiger partial charge >= 0.3 is 0 Å². The summed E-state index contributed by atoms with van der Waals surface area (Å²) in [4.78, 5) is 10.9. The maximum Gasteiger partial charge on any atom is 0.218 e. The molecule has 0 amide bonds. The van der Waals surface area contributed by atoms with Gasteiger partial charge in [-0.05, 0) is 37.8 Å². The minimum absolute atomic E-state index is 0.126. The topological polar surface area (TPSA) is 72.9 Å². The van der Waals surface area contributed by atoms with Gasteiger partial charge in [0, 0.05) is 37.8 Å². The van der Waals surface area contributed by atoms with Gasteiger partial charge in [-0.25, -0.2) is 14.1 Å². The number of aryl methyl sites for hydroxylation is 1. The largest absolute Gasteiger partial charge is 0.368 e. The van der Waals surface area contributed by atoms with Crippen LogP contribution in [0.1, 0.15) is 19.8 Å². The van der Waals surface area contributed by atoms with E-state index >= 15 is 0 Å². The molecule has 1 aliphatic heterocycles. The Morgan fingerprint density at radius 3 is 2.78 bits per heavy atom. The molecule has 2 fully saturated rings.